The van der Waals surface area contributed by atoms with Gasteiger partial charge in [0.1, 0.15) is 6.61 Å². The minimum atomic E-state index is -4.57. The van der Waals surface area contributed by atoms with Gasteiger partial charge in [-0.2, -0.15) is 28.2 Å². The largest absolute Gasteiger partial charge is 0.490 e. The summed E-state index contributed by atoms with van der Waals surface area (Å²) in [6, 6.07) is 25.4. The highest BCUT2D eigenvalue weighted by Crippen LogP contribution is 2.32. The number of halogens is 3. The van der Waals surface area contributed by atoms with E-state index in [4.69, 9.17) is 9.47 Å². The maximum atomic E-state index is 13.5. The molecule has 42 heavy (non-hydrogen) atoms. The van der Waals surface area contributed by atoms with Crippen LogP contribution in [0.15, 0.2) is 101 Å². The Labute approximate surface area is 238 Å². The summed E-state index contributed by atoms with van der Waals surface area (Å²) in [5.41, 5.74) is 0.778. The Morgan fingerprint density at radius 1 is 0.952 bits per heavy atom. The fourth-order valence-electron chi connectivity index (χ4n) is 4.28. The summed E-state index contributed by atoms with van der Waals surface area (Å²) in [6.45, 7) is 2.31. The first-order valence-corrected chi connectivity index (χ1v) is 12.9. The molecule has 0 amide bonds. The maximum Gasteiger partial charge on any atom is 0.416 e. The summed E-state index contributed by atoms with van der Waals surface area (Å²) in [7, 11) is 0. The van der Waals surface area contributed by atoms with E-state index in [0.29, 0.717) is 34.7 Å². The van der Waals surface area contributed by atoms with E-state index in [2.05, 4.69) is 16.2 Å². The van der Waals surface area contributed by atoms with Gasteiger partial charge in [-0.15, -0.1) is 0 Å². The number of alkyl halides is 3. The van der Waals surface area contributed by atoms with Crippen LogP contribution in [-0.4, -0.2) is 22.5 Å². The van der Waals surface area contributed by atoms with Crippen LogP contribution in [0.1, 0.15) is 29.2 Å². The van der Waals surface area contributed by atoms with Gasteiger partial charge in [-0.25, -0.2) is 4.98 Å². The molecule has 0 radical (unpaired) electrons. The quantitative estimate of drug-likeness (QED) is 0.192. The van der Waals surface area contributed by atoms with Crippen LogP contribution in [-0.2, 0) is 12.8 Å². The van der Waals surface area contributed by atoms with E-state index in [-0.39, 0.29) is 23.4 Å². The number of nitrogens with zero attached hydrogens (tertiary/aromatic N) is 4. The van der Waals surface area contributed by atoms with Gasteiger partial charge in [-0.3, -0.25) is 4.79 Å². The van der Waals surface area contributed by atoms with Crippen LogP contribution in [0.3, 0.4) is 0 Å². The molecule has 0 saturated carbocycles. The summed E-state index contributed by atoms with van der Waals surface area (Å²) in [5.74, 6) is 0.816. The first-order valence-electron chi connectivity index (χ1n) is 12.9. The molecule has 5 rings (SSSR count). The highest BCUT2D eigenvalue weighted by atomic mass is 19.4. The van der Waals surface area contributed by atoms with Crippen LogP contribution in [0.25, 0.3) is 22.3 Å². The molecule has 0 aliphatic heterocycles. The highest BCUT2D eigenvalue weighted by molar-refractivity contribution is 5.82. The average Bonchev–Trinajstić information content (AvgIpc) is 3.00. The van der Waals surface area contributed by atoms with Crippen molar-refractivity contribution in [3.63, 3.8) is 0 Å². The lowest BCUT2D eigenvalue weighted by atomic mass is 10.1. The zero-order valence-corrected chi connectivity index (χ0v) is 22.3. The summed E-state index contributed by atoms with van der Waals surface area (Å²) in [6.07, 6.45) is -3.18. The number of para-hydroxylation sites is 1. The Morgan fingerprint density at radius 3 is 2.52 bits per heavy atom. The molecule has 4 aromatic carbocycles. The highest BCUT2D eigenvalue weighted by Gasteiger charge is 2.31. The molecular weight excluding hydrogens is 545 g/mol. The van der Waals surface area contributed by atoms with Gasteiger partial charge in [-0.05, 0) is 61.0 Å². The third kappa shape index (κ3) is 6.00. The Balaban J connectivity index is 1.53. The molecular formula is C32H23F3N4O3. The number of ether oxygens (including phenoxy) is 2. The van der Waals surface area contributed by atoms with Crippen LogP contribution in [0.5, 0.6) is 11.5 Å². The molecule has 0 unspecified atom stereocenters. The minimum absolute atomic E-state index is 0.0396. The SMILES string of the molecule is CCOc1cc(C=Nn2c(-c3cccc(C(F)(F)F)c3)nc3ccccc3c2=O)ccc1OCc1ccccc1C#N. The average molecular weight is 569 g/mol. The Kier molecular flexibility index (Phi) is 8.02. The van der Waals surface area contributed by atoms with Crippen LogP contribution in [0, 0.1) is 11.3 Å². The minimum Gasteiger partial charge on any atom is -0.490 e. The lowest BCUT2D eigenvalue weighted by molar-refractivity contribution is -0.137. The van der Waals surface area contributed by atoms with Crippen LogP contribution in [0.2, 0.25) is 0 Å². The van der Waals surface area contributed by atoms with Crippen molar-refractivity contribution in [2.24, 2.45) is 5.10 Å². The molecule has 0 bridgehead atoms. The van der Waals surface area contributed by atoms with Crippen LogP contribution in [0.4, 0.5) is 13.2 Å². The monoisotopic (exact) mass is 568 g/mol. The fraction of sp³-hybridized carbons (Fsp3) is 0.125. The molecule has 1 heterocycles. The molecule has 0 N–H and O–H groups in total. The number of aromatic nitrogens is 2. The summed E-state index contributed by atoms with van der Waals surface area (Å²) in [4.78, 5) is 17.9. The third-order valence-corrected chi connectivity index (χ3v) is 6.31. The number of hydrogen-bond acceptors (Lipinski definition) is 6. The normalized spacial score (nSPS) is 11.5. The molecule has 7 nitrogen and oxygen atoms in total. The van der Waals surface area contributed by atoms with E-state index in [1.54, 1.807) is 60.7 Å². The summed E-state index contributed by atoms with van der Waals surface area (Å²) >= 11 is 0. The molecule has 5 aromatic rings. The first kappa shape index (κ1) is 28.1. The van der Waals surface area contributed by atoms with E-state index >= 15 is 0 Å². The van der Waals surface area contributed by atoms with E-state index in [0.717, 1.165) is 22.4 Å². The van der Waals surface area contributed by atoms with E-state index in [1.165, 1.54) is 18.3 Å². The van der Waals surface area contributed by atoms with E-state index in [1.807, 2.05) is 13.0 Å². The fourth-order valence-corrected chi connectivity index (χ4v) is 4.28. The van der Waals surface area contributed by atoms with Crippen molar-refractivity contribution in [1.82, 2.24) is 9.66 Å². The number of fused-ring (bicyclic) bond motifs is 1. The van der Waals surface area contributed by atoms with Gasteiger partial charge < -0.3 is 9.47 Å². The molecule has 0 fully saturated rings. The predicted octanol–water partition coefficient (Wildman–Crippen LogP) is 6.81. The number of rotatable bonds is 8. The number of hydrogen-bond donors (Lipinski definition) is 0. The lowest BCUT2D eigenvalue weighted by Crippen LogP contribution is -2.20. The topological polar surface area (TPSA) is 89.5 Å². The second-order valence-electron chi connectivity index (χ2n) is 9.09. The van der Waals surface area contributed by atoms with E-state index in [9.17, 15) is 23.2 Å². The van der Waals surface area contributed by atoms with Crippen molar-refractivity contribution in [3.8, 4) is 29.0 Å². The van der Waals surface area contributed by atoms with E-state index < -0.39 is 17.3 Å². The lowest BCUT2D eigenvalue weighted by Gasteiger charge is -2.13. The smallest absolute Gasteiger partial charge is 0.416 e. The van der Waals surface area contributed by atoms with Crippen LogP contribution < -0.4 is 15.0 Å². The van der Waals surface area contributed by atoms with Gasteiger partial charge >= 0.3 is 6.18 Å². The van der Waals surface area contributed by atoms with Crippen molar-refractivity contribution in [2.75, 3.05) is 6.61 Å². The second kappa shape index (κ2) is 12.0. The van der Waals surface area contributed by atoms with Crippen molar-refractivity contribution >= 4 is 17.1 Å². The van der Waals surface area contributed by atoms with Gasteiger partial charge in [0.2, 0.25) is 0 Å². The molecule has 10 heteroatoms. The van der Waals surface area contributed by atoms with Crippen molar-refractivity contribution in [2.45, 2.75) is 19.7 Å². The molecule has 0 spiro atoms. The molecule has 1 aromatic heterocycles. The second-order valence-corrected chi connectivity index (χ2v) is 9.09. The van der Waals surface area contributed by atoms with Gasteiger partial charge in [0, 0.05) is 11.1 Å². The van der Waals surface area contributed by atoms with Crippen LogP contribution >= 0.6 is 0 Å². The predicted molar refractivity (Wildman–Crippen MR) is 153 cm³/mol. The van der Waals surface area contributed by atoms with Crippen molar-refractivity contribution < 1.29 is 22.6 Å². The summed E-state index contributed by atoms with van der Waals surface area (Å²) in [5, 5.41) is 13.9. The van der Waals surface area contributed by atoms with Crippen molar-refractivity contribution in [1.29, 1.82) is 5.26 Å². The van der Waals surface area contributed by atoms with Crippen molar-refractivity contribution in [3.05, 3.63) is 124 Å². The molecule has 0 aliphatic rings. The van der Waals surface area contributed by atoms with Gasteiger partial charge in [0.05, 0.1) is 40.9 Å². The first-order chi connectivity index (χ1) is 20.3. The molecule has 0 aliphatic carbocycles. The zero-order valence-electron chi connectivity index (χ0n) is 22.3. The third-order valence-electron chi connectivity index (χ3n) is 6.31. The zero-order chi connectivity index (χ0) is 29.7. The molecule has 0 saturated heterocycles. The standard InChI is InChI=1S/C32H23F3N4O3/c1-2-41-29-16-21(14-15-28(29)42-20-24-9-4-3-8-23(24)18-36)19-37-39-30(22-10-7-11-25(17-22)32(33,34)35)38-27-13-6-5-12-26(27)31(39)40/h3-17,19H,2,20H2,1H3. The van der Waals surface area contributed by atoms with Gasteiger partial charge in [0.25, 0.3) is 5.56 Å². The number of nitriles is 1. The van der Waals surface area contributed by atoms with Gasteiger partial charge in [-0.1, -0.05) is 42.5 Å². The molecule has 210 valence electrons. The Bertz CT molecular complexity index is 1890. The Morgan fingerprint density at radius 2 is 1.74 bits per heavy atom. The molecule has 0 atom stereocenters. The maximum absolute atomic E-state index is 13.5. The summed E-state index contributed by atoms with van der Waals surface area (Å²) < 4.78 is 53.0. The number of benzene rings is 4. The Hall–Kier alpha value is -5.43. The van der Waals surface area contributed by atoms with Gasteiger partial charge in [0.15, 0.2) is 17.3 Å².